The van der Waals surface area contributed by atoms with Crippen LogP contribution in [0.15, 0.2) is 29.2 Å². The summed E-state index contributed by atoms with van der Waals surface area (Å²) in [5, 5.41) is 2.67. The lowest BCUT2D eigenvalue weighted by atomic mass is 9.99. The molecule has 0 aliphatic carbocycles. The number of rotatable bonds is 10. The number of carbonyl (C=O) groups is 1. The molecule has 0 aliphatic rings. The lowest BCUT2D eigenvalue weighted by Crippen LogP contribution is -2.51. The van der Waals surface area contributed by atoms with Crippen molar-refractivity contribution in [3.8, 4) is 0 Å². The molecule has 0 bridgehead atoms. The maximum atomic E-state index is 12.6. The van der Waals surface area contributed by atoms with E-state index in [-0.39, 0.29) is 17.4 Å². The number of ether oxygens (including phenoxy) is 2. The fraction of sp³-hybridized carbons (Fsp3) is 0.588. The van der Waals surface area contributed by atoms with Crippen LogP contribution in [-0.4, -0.2) is 47.4 Å². The van der Waals surface area contributed by atoms with Crippen molar-refractivity contribution in [2.24, 2.45) is 5.92 Å². The van der Waals surface area contributed by atoms with E-state index in [1.807, 2.05) is 20.8 Å². The average Bonchev–Trinajstić information content (AvgIpc) is 2.60. The number of benzene rings is 1. The molecular formula is C17H28N2O5S. The van der Waals surface area contributed by atoms with Gasteiger partial charge in [-0.25, -0.2) is 8.42 Å². The molecule has 7 nitrogen and oxygen atoms in total. The second kappa shape index (κ2) is 9.86. The smallest absolute Gasteiger partial charge is 0.241 e. The summed E-state index contributed by atoms with van der Waals surface area (Å²) in [7, 11) is -0.870. The molecule has 0 fully saturated rings. The third kappa shape index (κ3) is 6.39. The van der Waals surface area contributed by atoms with Crippen LogP contribution < -0.4 is 10.0 Å². The lowest BCUT2D eigenvalue weighted by Gasteiger charge is -2.24. The minimum atomic E-state index is -3.80. The second-order valence-electron chi connectivity index (χ2n) is 5.94. The zero-order valence-electron chi connectivity index (χ0n) is 15.4. The Balaban J connectivity index is 2.91. The predicted octanol–water partition coefficient (Wildman–Crippen LogP) is 1.42. The number of carbonyl (C=O) groups excluding carboxylic acids is 1. The number of hydrogen-bond donors (Lipinski definition) is 2. The zero-order valence-corrected chi connectivity index (χ0v) is 16.2. The van der Waals surface area contributed by atoms with Crippen LogP contribution >= 0.6 is 0 Å². The molecule has 2 unspecified atom stereocenters. The van der Waals surface area contributed by atoms with Crippen LogP contribution in [0.25, 0.3) is 0 Å². The molecule has 8 heteroatoms. The van der Waals surface area contributed by atoms with Gasteiger partial charge < -0.3 is 14.8 Å². The summed E-state index contributed by atoms with van der Waals surface area (Å²) in [5.74, 6) is -0.590. The summed E-state index contributed by atoms with van der Waals surface area (Å²) in [6.07, 6.45) is 0.0576. The van der Waals surface area contributed by atoms with Crippen LogP contribution in [0.2, 0.25) is 0 Å². The van der Waals surface area contributed by atoms with Crippen LogP contribution in [0, 0.1) is 12.8 Å². The highest BCUT2D eigenvalue weighted by atomic mass is 32.2. The highest BCUT2D eigenvalue weighted by Gasteiger charge is 2.29. The minimum absolute atomic E-state index is 0.130. The van der Waals surface area contributed by atoms with Gasteiger partial charge in [0.05, 0.1) is 11.4 Å². The third-order valence-electron chi connectivity index (χ3n) is 4.08. The van der Waals surface area contributed by atoms with E-state index in [0.717, 1.165) is 5.56 Å². The van der Waals surface area contributed by atoms with Crippen molar-refractivity contribution in [2.75, 3.05) is 20.8 Å². The summed E-state index contributed by atoms with van der Waals surface area (Å²) in [5.41, 5.74) is 0.959. The van der Waals surface area contributed by atoms with E-state index >= 15 is 0 Å². The summed E-state index contributed by atoms with van der Waals surface area (Å²) in [4.78, 5) is 12.6. The largest absolute Gasteiger partial charge is 0.354 e. The maximum Gasteiger partial charge on any atom is 0.241 e. The van der Waals surface area contributed by atoms with E-state index < -0.39 is 28.3 Å². The summed E-state index contributed by atoms with van der Waals surface area (Å²) in [6, 6.07) is 5.60. The summed E-state index contributed by atoms with van der Waals surface area (Å²) >= 11 is 0. The van der Waals surface area contributed by atoms with E-state index in [0.29, 0.717) is 6.42 Å². The molecule has 0 heterocycles. The van der Waals surface area contributed by atoms with Gasteiger partial charge in [0.2, 0.25) is 15.9 Å². The molecular weight excluding hydrogens is 344 g/mol. The van der Waals surface area contributed by atoms with E-state index in [9.17, 15) is 13.2 Å². The zero-order chi connectivity index (χ0) is 19.0. The fourth-order valence-electron chi connectivity index (χ4n) is 2.17. The number of methoxy groups -OCH3 is 2. The van der Waals surface area contributed by atoms with Gasteiger partial charge in [-0.05, 0) is 25.0 Å². The molecule has 2 N–H and O–H groups in total. The lowest BCUT2D eigenvalue weighted by molar-refractivity contribution is -0.129. The highest BCUT2D eigenvalue weighted by Crippen LogP contribution is 2.15. The summed E-state index contributed by atoms with van der Waals surface area (Å²) < 4.78 is 37.7. The molecule has 2 atom stereocenters. The van der Waals surface area contributed by atoms with Gasteiger partial charge in [0.25, 0.3) is 0 Å². The second-order valence-corrected chi connectivity index (χ2v) is 7.66. The Morgan fingerprint density at radius 1 is 1.16 bits per heavy atom. The predicted molar refractivity (Wildman–Crippen MR) is 95.6 cm³/mol. The molecule has 0 saturated heterocycles. The van der Waals surface area contributed by atoms with E-state index in [1.54, 1.807) is 12.1 Å². The molecule has 1 aromatic rings. The van der Waals surface area contributed by atoms with Crippen LogP contribution in [0.1, 0.15) is 25.8 Å². The van der Waals surface area contributed by atoms with E-state index in [1.165, 1.54) is 26.4 Å². The molecule has 0 saturated carbocycles. The van der Waals surface area contributed by atoms with Gasteiger partial charge in [-0.3, -0.25) is 4.79 Å². The topological polar surface area (TPSA) is 93.7 Å². The first-order valence-electron chi connectivity index (χ1n) is 8.17. The normalized spacial score (nSPS) is 14.3. The third-order valence-corrected chi connectivity index (χ3v) is 5.53. The Labute approximate surface area is 150 Å². The van der Waals surface area contributed by atoms with E-state index in [2.05, 4.69) is 10.0 Å². The SMILES string of the molecule is CCC(C)C(NS(=O)(=O)c1ccc(C)cc1)C(=O)NCC(OC)OC. The Bertz CT molecular complexity index is 642. The standard InChI is InChI=1S/C17H28N2O5S/c1-6-13(3)16(17(20)18-11-15(23-4)24-5)19-25(21,22)14-9-7-12(2)8-10-14/h7-10,13,15-16,19H,6,11H2,1-5H3,(H,18,20). The number of nitrogens with one attached hydrogen (secondary N) is 2. The average molecular weight is 372 g/mol. The first kappa shape index (κ1) is 21.6. The molecule has 0 aromatic heterocycles. The molecule has 1 rings (SSSR count). The van der Waals surface area contributed by atoms with Gasteiger partial charge in [-0.2, -0.15) is 4.72 Å². The molecule has 25 heavy (non-hydrogen) atoms. The monoisotopic (exact) mass is 372 g/mol. The van der Waals surface area contributed by atoms with Crippen LogP contribution in [0.3, 0.4) is 0 Å². The Morgan fingerprint density at radius 3 is 2.20 bits per heavy atom. The Hall–Kier alpha value is -1.48. The van der Waals surface area contributed by atoms with Crippen molar-refractivity contribution in [3.05, 3.63) is 29.8 Å². The molecule has 1 amide bonds. The van der Waals surface area contributed by atoms with Crippen molar-refractivity contribution in [1.82, 2.24) is 10.0 Å². The van der Waals surface area contributed by atoms with Crippen molar-refractivity contribution in [1.29, 1.82) is 0 Å². The van der Waals surface area contributed by atoms with E-state index in [4.69, 9.17) is 9.47 Å². The first-order chi connectivity index (χ1) is 11.7. The van der Waals surface area contributed by atoms with Crippen LogP contribution in [-0.2, 0) is 24.3 Å². The van der Waals surface area contributed by atoms with Gasteiger partial charge >= 0.3 is 0 Å². The van der Waals surface area contributed by atoms with Crippen molar-refractivity contribution in [2.45, 2.75) is 44.4 Å². The van der Waals surface area contributed by atoms with Gasteiger partial charge in [-0.15, -0.1) is 0 Å². The fourth-order valence-corrected chi connectivity index (χ4v) is 3.48. The molecule has 142 valence electrons. The molecule has 1 aromatic carbocycles. The first-order valence-corrected chi connectivity index (χ1v) is 9.65. The van der Waals surface area contributed by atoms with Gasteiger partial charge in [0.15, 0.2) is 6.29 Å². The van der Waals surface area contributed by atoms with Gasteiger partial charge in [0, 0.05) is 14.2 Å². The molecule has 0 radical (unpaired) electrons. The minimum Gasteiger partial charge on any atom is -0.354 e. The van der Waals surface area contributed by atoms with Crippen molar-refractivity contribution >= 4 is 15.9 Å². The van der Waals surface area contributed by atoms with Gasteiger partial charge in [-0.1, -0.05) is 38.0 Å². The Morgan fingerprint density at radius 2 is 1.72 bits per heavy atom. The van der Waals surface area contributed by atoms with Crippen molar-refractivity contribution in [3.63, 3.8) is 0 Å². The van der Waals surface area contributed by atoms with Crippen LogP contribution in [0.4, 0.5) is 0 Å². The Kier molecular flexibility index (Phi) is 8.51. The summed E-state index contributed by atoms with van der Waals surface area (Å²) in [6.45, 7) is 5.73. The van der Waals surface area contributed by atoms with Crippen LogP contribution in [0.5, 0.6) is 0 Å². The molecule has 0 aliphatic heterocycles. The van der Waals surface area contributed by atoms with Gasteiger partial charge in [0.1, 0.15) is 6.04 Å². The number of amides is 1. The number of aryl methyl sites for hydroxylation is 1. The quantitative estimate of drug-likeness (QED) is 0.606. The maximum absolute atomic E-state index is 12.6. The number of sulfonamides is 1. The highest BCUT2D eigenvalue weighted by molar-refractivity contribution is 7.89. The number of hydrogen-bond acceptors (Lipinski definition) is 5. The molecule has 0 spiro atoms. The van der Waals surface area contributed by atoms with Crippen molar-refractivity contribution < 1.29 is 22.7 Å².